The molecule has 0 atom stereocenters. The highest BCUT2D eigenvalue weighted by Crippen LogP contribution is 2.13. The number of aromatic nitrogens is 3. The van der Waals surface area contributed by atoms with Crippen LogP contribution in [0.1, 0.15) is 32.7 Å². The van der Waals surface area contributed by atoms with Gasteiger partial charge in [-0.2, -0.15) is 5.10 Å². The van der Waals surface area contributed by atoms with Crippen molar-refractivity contribution in [1.82, 2.24) is 15.2 Å². The molecule has 0 aliphatic carbocycles. The normalized spacial score (nSPS) is 10.6. The van der Waals surface area contributed by atoms with Crippen LogP contribution in [0.2, 0.25) is 0 Å². The molecule has 1 aromatic carbocycles. The second-order valence-corrected chi connectivity index (χ2v) is 6.05. The molecule has 6 nitrogen and oxygen atoms in total. The largest absolute Gasteiger partial charge is 0.328 e. The molecule has 128 valence electrons. The number of nitrogens with one attached hydrogen (secondary N) is 3. The summed E-state index contributed by atoms with van der Waals surface area (Å²) in [4.78, 5) is 26.0. The lowest BCUT2D eigenvalue weighted by Crippen LogP contribution is -2.17. The number of nitrogens with zero attached hydrogens (tertiary/aromatic N) is 1. The number of pyridine rings is 1. The van der Waals surface area contributed by atoms with Gasteiger partial charge in [-0.25, -0.2) is 0 Å². The Morgan fingerprint density at radius 3 is 2.68 bits per heavy atom. The molecule has 0 saturated heterocycles. The van der Waals surface area contributed by atoms with Crippen LogP contribution in [0, 0.1) is 13.8 Å². The van der Waals surface area contributed by atoms with Crippen molar-refractivity contribution in [2.24, 2.45) is 0 Å². The molecular formula is C19H20N4O2. The van der Waals surface area contributed by atoms with E-state index in [-0.39, 0.29) is 11.5 Å². The molecule has 0 radical (unpaired) electrons. The molecule has 6 heteroatoms. The van der Waals surface area contributed by atoms with Gasteiger partial charge >= 0.3 is 0 Å². The molecule has 0 spiro atoms. The fraction of sp³-hybridized carbons (Fsp3) is 0.211. The van der Waals surface area contributed by atoms with Crippen LogP contribution in [-0.2, 0) is 12.8 Å². The van der Waals surface area contributed by atoms with Gasteiger partial charge in [0, 0.05) is 24.0 Å². The molecule has 2 aromatic heterocycles. The Hall–Kier alpha value is -3.15. The van der Waals surface area contributed by atoms with Gasteiger partial charge in [0.2, 0.25) is 5.56 Å². The van der Waals surface area contributed by atoms with E-state index in [0.29, 0.717) is 16.9 Å². The second kappa shape index (κ2) is 7.17. The molecule has 25 heavy (non-hydrogen) atoms. The van der Waals surface area contributed by atoms with Gasteiger partial charge in [-0.1, -0.05) is 24.3 Å². The molecule has 3 N–H and O–H groups in total. The zero-order chi connectivity index (χ0) is 17.8. The van der Waals surface area contributed by atoms with E-state index in [1.807, 2.05) is 18.2 Å². The van der Waals surface area contributed by atoms with E-state index in [4.69, 9.17) is 0 Å². The fourth-order valence-electron chi connectivity index (χ4n) is 2.72. The molecule has 2 heterocycles. The van der Waals surface area contributed by atoms with E-state index in [0.717, 1.165) is 18.5 Å². The summed E-state index contributed by atoms with van der Waals surface area (Å²) in [6.07, 6.45) is 3.13. The van der Waals surface area contributed by atoms with Crippen LogP contribution in [-0.4, -0.2) is 21.1 Å². The Morgan fingerprint density at radius 1 is 1.12 bits per heavy atom. The predicted octanol–water partition coefficient (Wildman–Crippen LogP) is 2.75. The molecule has 1 amide bonds. The standard InChI is InChI=1S/C19H20N4O2/c1-12-5-3-4-6-14(12)7-8-15-10-17(23-22-15)21-19(25)16-11-20-18(24)9-13(16)2/h3-6,9-11H,7-8H2,1-2H3,(H,20,24)(H2,21,22,23,25). The first-order valence-corrected chi connectivity index (χ1v) is 8.12. The molecule has 0 aliphatic rings. The van der Waals surface area contributed by atoms with Crippen LogP contribution in [0.4, 0.5) is 5.82 Å². The third-order valence-electron chi connectivity index (χ3n) is 4.17. The van der Waals surface area contributed by atoms with E-state index in [1.54, 1.807) is 6.92 Å². The van der Waals surface area contributed by atoms with Crippen molar-refractivity contribution in [3.05, 3.63) is 80.9 Å². The quantitative estimate of drug-likeness (QED) is 0.669. The molecular weight excluding hydrogens is 316 g/mol. The minimum atomic E-state index is -0.300. The lowest BCUT2D eigenvalue weighted by molar-refractivity contribution is 0.102. The Morgan fingerprint density at radius 2 is 1.92 bits per heavy atom. The molecule has 0 bridgehead atoms. The molecule has 0 saturated carbocycles. The van der Waals surface area contributed by atoms with Crippen LogP contribution >= 0.6 is 0 Å². The first-order valence-electron chi connectivity index (χ1n) is 8.12. The Kier molecular flexibility index (Phi) is 4.79. The zero-order valence-corrected chi connectivity index (χ0v) is 14.2. The molecule has 3 aromatic rings. The Bertz CT molecular complexity index is 956. The van der Waals surface area contributed by atoms with Crippen molar-refractivity contribution in [3.63, 3.8) is 0 Å². The van der Waals surface area contributed by atoms with E-state index in [2.05, 4.69) is 39.6 Å². The number of anilines is 1. The van der Waals surface area contributed by atoms with Gasteiger partial charge in [0.15, 0.2) is 5.82 Å². The number of hydrogen-bond acceptors (Lipinski definition) is 3. The number of aromatic amines is 2. The molecule has 0 unspecified atom stereocenters. The Labute approximate surface area is 145 Å². The third-order valence-corrected chi connectivity index (χ3v) is 4.17. The zero-order valence-electron chi connectivity index (χ0n) is 14.2. The van der Waals surface area contributed by atoms with Gasteiger partial charge < -0.3 is 10.3 Å². The number of H-pyrrole nitrogens is 2. The fourth-order valence-corrected chi connectivity index (χ4v) is 2.72. The maximum atomic E-state index is 12.3. The predicted molar refractivity (Wildman–Crippen MR) is 96.9 cm³/mol. The summed E-state index contributed by atoms with van der Waals surface area (Å²) < 4.78 is 0. The van der Waals surface area contributed by atoms with Crippen LogP contribution in [0.25, 0.3) is 0 Å². The van der Waals surface area contributed by atoms with Gasteiger partial charge in [-0.15, -0.1) is 0 Å². The van der Waals surface area contributed by atoms with Crippen LogP contribution in [0.15, 0.2) is 47.4 Å². The average Bonchev–Trinajstić information content (AvgIpc) is 3.01. The van der Waals surface area contributed by atoms with E-state index < -0.39 is 0 Å². The van der Waals surface area contributed by atoms with Crippen LogP contribution in [0.3, 0.4) is 0 Å². The van der Waals surface area contributed by atoms with Gasteiger partial charge in [0.05, 0.1) is 5.56 Å². The van der Waals surface area contributed by atoms with Crippen molar-refractivity contribution in [2.45, 2.75) is 26.7 Å². The lowest BCUT2D eigenvalue weighted by atomic mass is 10.0. The number of carbonyl (C=O) groups excluding carboxylic acids is 1. The number of aryl methyl sites for hydroxylation is 4. The van der Waals surface area contributed by atoms with Gasteiger partial charge in [-0.3, -0.25) is 14.7 Å². The minimum Gasteiger partial charge on any atom is -0.328 e. The van der Waals surface area contributed by atoms with Crippen molar-refractivity contribution in [3.8, 4) is 0 Å². The first kappa shape index (κ1) is 16.7. The van der Waals surface area contributed by atoms with Gasteiger partial charge in [-0.05, 0) is 43.4 Å². The number of benzene rings is 1. The Balaban J connectivity index is 1.64. The van der Waals surface area contributed by atoms with Crippen LogP contribution in [0.5, 0.6) is 0 Å². The average molecular weight is 336 g/mol. The SMILES string of the molecule is Cc1ccccc1CCc1cc(NC(=O)c2c[nH]c(=O)cc2C)n[nH]1. The summed E-state index contributed by atoms with van der Waals surface area (Å²) in [5, 5.41) is 9.83. The van der Waals surface area contributed by atoms with Crippen molar-refractivity contribution >= 4 is 11.7 Å². The highest BCUT2D eigenvalue weighted by Gasteiger charge is 2.12. The summed E-state index contributed by atoms with van der Waals surface area (Å²) in [6, 6.07) is 11.5. The molecule has 3 rings (SSSR count). The smallest absolute Gasteiger partial charge is 0.258 e. The number of rotatable bonds is 5. The summed E-state index contributed by atoms with van der Waals surface area (Å²) in [7, 11) is 0. The highest BCUT2D eigenvalue weighted by molar-refractivity contribution is 6.04. The minimum absolute atomic E-state index is 0.229. The molecule has 0 fully saturated rings. The molecule has 0 aliphatic heterocycles. The van der Waals surface area contributed by atoms with Gasteiger partial charge in [0.1, 0.15) is 0 Å². The van der Waals surface area contributed by atoms with Crippen molar-refractivity contribution in [2.75, 3.05) is 5.32 Å². The van der Waals surface area contributed by atoms with Crippen molar-refractivity contribution < 1.29 is 4.79 Å². The monoisotopic (exact) mass is 336 g/mol. The summed E-state index contributed by atoms with van der Waals surface area (Å²) in [5.41, 5.74) is 4.33. The topological polar surface area (TPSA) is 90.6 Å². The summed E-state index contributed by atoms with van der Waals surface area (Å²) in [6.45, 7) is 3.82. The van der Waals surface area contributed by atoms with E-state index >= 15 is 0 Å². The maximum Gasteiger partial charge on any atom is 0.258 e. The number of hydrogen-bond donors (Lipinski definition) is 3. The maximum absolute atomic E-state index is 12.3. The lowest BCUT2D eigenvalue weighted by Gasteiger charge is -2.04. The van der Waals surface area contributed by atoms with Crippen LogP contribution < -0.4 is 10.9 Å². The number of carbonyl (C=O) groups is 1. The van der Waals surface area contributed by atoms with E-state index in [1.165, 1.54) is 23.4 Å². The summed E-state index contributed by atoms with van der Waals surface area (Å²) >= 11 is 0. The third kappa shape index (κ3) is 4.03. The van der Waals surface area contributed by atoms with Gasteiger partial charge in [0.25, 0.3) is 5.91 Å². The summed E-state index contributed by atoms with van der Waals surface area (Å²) in [5.74, 6) is 0.168. The second-order valence-electron chi connectivity index (χ2n) is 6.05. The highest BCUT2D eigenvalue weighted by atomic mass is 16.2. The first-order chi connectivity index (χ1) is 12.0. The van der Waals surface area contributed by atoms with E-state index in [9.17, 15) is 9.59 Å². The van der Waals surface area contributed by atoms with Crippen molar-refractivity contribution in [1.29, 1.82) is 0 Å². The number of amides is 1.